The van der Waals surface area contributed by atoms with Gasteiger partial charge in [-0.2, -0.15) is 0 Å². The lowest BCUT2D eigenvalue weighted by atomic mass is 10.2. The number of aromatic nitrogens is 2. The van der Waals surface area contributed by atoms with Gasteiger partial charge in [0, 0.05) is 24.5 Å². The Bertz CT molecular complexity index is 1040. The third-order valence-corrected chi connectivity index (χ3v) is 4.57. The second-order valence-electron chi connectivity index (χ2n) is 7.09. The smallest absolute Gasteiger partial charge is 0.258 e. The minimum atomic E-state index is -0.107. The minimum Gasteiger partial charge on any atom is -0.325 e. The molecule has 0 saturated heterocycles. The summed E-state index contributed by atoms with van der Waals surface area (Å²) in [7, 11) is 0. The van der Waals surface area contributed by atoms with Crippen molar-refractivity contribution < 1.29 is 4.79 Å². The van der Waals surface area contributed by atoms with Crippen LogP contribution in [0.4, 0.5) is 5.69 Å². The molecule has 28 heavy (non-hydrogen) atoms. The predicted octanol–water partition coefficient (Wildman–Crippen LogP) is 3.16. The molecule has 0 radical (unpaired) electrons. The van der Waals surface area contributed by atoms with E-state index in [1.807, 2.05) is 55.1 Å². The number of rotatable bonds is 7. The van der Waals surface area contributed by atoms with Crippen molar-refractivity contribution in [2.24, 2.45) is 0 Å². The summed E-state index contributed by atoms with van der Waals surface area (Å²) in [4.78, 5) is 31.5. The minimum absolute atomic E-state index is 0.0733. The maximum absolute atomic E-state index is 12.5. The van der Waals surface area contributed by atoms with Gasteiger partial charge in [0.2, 0.25) is 5.91 Å². The molecule has 0 bridgehead atoms. The number of nitrogens with zero attached hydrogens (tertiary/aromatic N) is 3. The molecular weight excluding hydrogens is 352 g/mol. The van der Waals surface area contributed by atoms with E-state index >= 15 is 0 Å². The van der Waals surface area contributed by atoms with E-state index in [0.717, 1.165) is 29.8 Å². The van der Waals surface area contributed by atoms with Gasteiger partial charge in [-0.1, -0.05) is 31.2 Å². The molecule has 6 heteroatoms. The number of hydrogen-bond donors (Lipinski definition) is 1. The van der Waals surface area contributed by atoms with E-state index in [1.165, 1.54) is 0 Å². The highest BCUT2D eigenvalue weighted by Gasteiger charge is 2.13. The molecule has 0 fully saturated rings. The molecule has 0 atom stereocenters. The maximum Gasteiger partial charge on any atom is 0.258 e. The molecule has 1 amide bonds. The number of carbonyl (C=O) groups excluding carboxylic acids is 1. The van der Waals surface area contributed by atoms with Crippen LogP contribution in [-0.2, 0) is 11.3 Å². The summed E-state index contributed by atoms with van der Waals surface area (Å²) in [5.74, 6) is -0.0733. The first kappa shape index (κ1) is 19.8. The van der Waals surface area contributed by atoms with Gasteiger partial charge in [0.15, 0.2) is 0 Å². The first-order chi connectivity index (χ1) is 13.5. The molecule has 6 nitrogen and oxygen atoms in total. The summed E-state index contributed by atoms with van der Waals surface area (Å²) in [5.41, 5.74) is 4.04. The average molecular weight is 378 g/mol. The topological polar surface area (TPSA) is 66.7 Å². The molecular formula is C22H26N4O2. The normalized spacial score (nSPS) is 11.1. The van der Waals surface area contributed by atoms with Crippen LogP contribution in [0.2, 0.25) is 0 Å². The number of anilines is 1. The van der Waals surface area contributed by atoms with Gasteiger partial charge < -0.3 is 5.32 Å². The third-order valence-electron chi connectivity index (χ3n) is 4.57. The first-order valence-corrected chi connectivity index (χ1v) is 9.53. The number of carbonyl (C=O) groups is 1. The third kappa shape index (κ3) is 4.84. The summed E-state index contributed by atoms with van der Waals surface area (Å²) < 4.78 is 1.55. The predicted molar refractivity (Wildman–Crippen MR) is 112 cm³/mol. The number of para-hydroxylation sites is 1. The van der Waals surface area contributed by atoms with Crippen molar-refractivity contribution in [3.8, 4) is 0 Å². The Morgan fingerprint density at radius 2 is 1.96 bits per heavy atom. The zero-order valence-corrected chi connectivity index (χ0v) is 16.6. The van der Waals surface area contributed by atoms with Crippen LogP contribution in [0, 0.1) is 13.8 Å². The molecule has 1 aromatic carbocycles. The van der Waals surface area contributed by atoms with Crippen molar-refractivity contribution in [3.63, 3.8) is 0 Å². The lowest BCUT2D eigenvalue weighted by Gasteiger charge is -2.21. The quantitative estimate of drug-likeness (QED) is 0.686. The number of nitrogens with one attached hydrogen (secondary N) is 1. The molecule has 146 valence electrons. The van der Waals surface area contributed by atoms with Gasteiger partial charge in [-0.05, 0) is 50.1 Å². The Labute approximate surface area is 164 Å². The summed E-state index contributed by atoms with van der Waals surface area (Å²) in [6.45, 7) is 7.42. The zero-order chi connectivity index (χ0) is 20.1. The molecule has 0 unspecified atom stereocenters. The first-order valence-electron chi connectivity index (χ1n) is 9.53. The van der Waals surface area contributed by atoms with Crippen LogP contribution in [0.3, 0.4) is 0 Å². The molecule has 2 aromatic heterocycles. The molecule has 0 aliphatic carbocycles. The van der Waals surface area contributed by atoms with Gasteiger partial charge in [0.05, 0.1) is 12.2 Å². The molecule has 0 aliphatic rings. The van der Waals surface area contributed by atoms with Crippen LogP contribution in [0.15, 0.2) is 53.5 Å². The highest BCUT2D eigenvalue weighted by Crippen LogP contribution is 2.13. The Morgan fingerprint density at radius 3 is 2.71 bits per heavy atom. The number of benzene rings is 1. The van der Waals surface area contributed by atoms with Crippen molar-refractivity contribution in [1.82, 2.24) is 14.3 Å². The second-order valence-corrected chi connectivity index (χ2v) is 7.09. The van der Waals surface area contributed by atoms with E-state index in [2.05, 4.69) is 17.2 Å². The number of aryl methyl sites for hydroxylation is 2. The van der Waals surface area contributed by atoms with Gasteiger partial charge in [-0.15, -0.1) is 0 Å². The number of fused-ring (bicyclic) bond motifs is 1. The van der Waals surface area contributed by atoms with Crippen molar-refractivity contribution in [2.45, 2.75) is 33.7 Å². The van der Waals surface area contributed by atoms with Crippen LogP contribution in [0.1, 0.15) is 30.2 Å². The molecule has 0 aliphatic heterocycles. The highest BCUT2D eigenvalue weighted by molar-refractivity contribution is 5.92. The van der Waals surface area contributed by atoms with Crippen molar-refractivity contribution in [1.29, 1.82) is 0 Å². The standard InChI is InChI=1S/C22H26N4O2/c1-4-11-25(15-21(27)24-19-8-6-5-7-17(19)3)14-18-12-22(28)26-13-16(2)9-10-20(26)23-18/h5-10,12-13H,4,11,14-15H2,1-3H3,(H,24,27). The zero-order valence-electron chi connectivity index (χ0n) is 16.6. The summed E-state index contributed by atoms with van der Waals surface area (Å²) in [6.07, 6.45) is 2.69. The molecule has 3 aromatic rings. The van der Waals surface area contributed by atoms with Crippen LogP contribution in [0.25, 0.3) is 5.65 Å². The Morgan fingerprint density at radius 1 is 1.18 bits per heavy atom. The SMILES string of the molecule is CCCN(CC(=O)Nc1ccccc1C)Cc1cc(=O)n2cc(C)ccc2n1. The number of amides is 1. The molecule has 2 heterocycles. The average Bonchev–Trinajstić information content (AvgIpc) is 2.64. The monoisotopic (exact) mass is 378 g/mol. The van der Waals surface area contributed by atoms with Gasteiger partial charge in [0.1, 0.15) is 5.65 Å². The fourth-order valence-corrected chi connectivity index (χ4v) is 3.20. The Kier molecular flexibility index (Phi) is 6.21. The van der Waals surface area contributed by atoms with Crippen LogP contribution in [-0.4, -0.2) is 33.3 Å². The van der Waals surface area contributed by atoms with Gasteiger partial charge >= 0.3 is 0 Å². The molecule has 0 saturated carbocycles. The second kappa shape index (κ2) is 8.80. The van der Waals surface area contributed by atoms with Crippen LogP contribution < -0.4 is 10.9 Å². The Hall–Kier alpha value is -2.99. The van der Waals surface area contributed by atoms with E-state index in [4.69, 9.17) is 0 Å². The molecule has 0 spiro atoms. The lowest BCUT2D eigenvalue weighted by molar-refractivity contribution is -0.117. The lowest BCUT2D eigenvalue weighted by Crippen LogP contribution is -2.34. The van der Waals surface area contributed by atoms with E-state index in [-0.39, 0.29) is 18.0 Å². The van der Waals surface area contributed by atoms with Gasteiger partial charge in [-0.25, -0.2) is 4.98 Å². The van der Waals surface area contributed by atoms with E-state index in [0.29, 0.717) is 17.9 Å². The van der Waals surface area contributed by atoms with E-state index in [1.54, 1.807) is 16.7 Å². The molecule has 3 rings (SSSR count). The summed E-state index contributed by atoms with van der Waals surface area (Å²) in [5, 5.41) is 2.97. The van der Waals surface area contributed by atoms with Crippen molar-refractivity contribution in [2.75, 3.05) is 18.4 Å². The largest absolute Gasteiger partial charge is 0.325 e. The van der Waals surface area contributed by atoms with Crippen molar-refractivity contribution in [3.05, 3.63) is 75.8 Å². The number of hydrogen-bond acceptors (Lipinski definition) is 4. The summed E-state index contributed by atoms with van der Waals surface area (Å²) >= 11 is 0. The van der Waals surface area contributed by atoms with Crippen LogP contribution in [0.5, 0.6) is 0 Å². The fourth-order valence-electron chi connectivity index (χ4n) is 3.20. The van der Waals surface area contributed by atoms with E-state index in [9.17, 15) is 9.59 Å². The number of pyridine rings is 1. The van der Waals surface area contributed by atoms with Gasteiger partial charge in [0.25, 0.3) is 5.56 Å². The van der Waals surface area contributed by atoms with Crippen LogP contribution >= 0.6 is 0 Å². The Balaban J connectivity index is 1.75. The fraction of sp³-hybridized carbons (Fsp3) is 0.318. The maximum atomic E-state index is 12.5. The van der Waals surface area contributed by atoms with E-state index < -0.39 is 0 Å². The highest BCUT2D eigenvalue weighted by atomic mass is 16.2. The summed E-state index contributed by atoms with van der Waals surface area (Å²) in [6, 6.07) is 13.0. The van der Waals surface area contributed by atoms with Gasteiger partial charge in [-0.3, -0.25) is 18.9 Å². The van der Waals surface area contributed by atoms with Crippen molar-refractivity contribution >= 4 is 17.2 Å². The molecule has 1 N–H and O–H groups in total.